The fourth-order valence-corrected chi connectivity index (χ4v) is 2.85. The van der Waals surface area contributed by atoms with Crippen LogP contribution in [0.15, 0.2) is 72.8 Å². The Labute approximate surface area is 166 Å². The Morgan fingerprint density at radius 1 is 0.571 bits per heavy atom. The summed E-state index contributed by atoms with van der Waals surface area (Å²) in [5.41, 5.74) is 7.29. The largest absolute Gasteiger partial charge is 0.192 e. The van der Waals surface area contributed by atoms with Crippen LogP contribution in [0, 0.1) is 36.5 Å². The number of rotatable bonds is 4. The Balaban J connectivity index is 1.86. The molecular formula is C26H20N2. The van der Waals surface area contributed by atoms with Gasteiger partial charge in [0.15, 0.2) is 0 Å². The number of benzene rings is 3. The molecule has 3 aromatic carbocycles. The molecule has 0 aliphatic rings. The first kappa shape index (κ1) is 18.9. The van der Waals surface area contributed by atoms with Crippen LogP contribution in [0.5, 0.6) is 0 Å². The molecule has 28 heavy (non-hydrogen) atoms. The molecular weight excluding hydrogens is 340 g/mol. The topological polar surface area (TPSA) is 47.6 Å². The van der Waals surface area contributed by atoms with Crippen LogP contribution >= 0.6 is 0 Å². The van der Waals surface area contributed by atoms with Crippen molar-refractivity contribution in [2.45, 2.75) is 13.8 Å². The summed E-state index contributed by atoms with van der Waals surface area (Å²) in [6.45, 7) is 4.05. The van der Waals surface area contributed by atoms with E-state index in [1.165, 1.54) is 11.1 Å². The lowest BCUT2D eigenvalue weighted by atomic mass is 10.0. The number of allylic oxidation sites excluding steroid dienone is 2. The van der Waals surface area contributed by atoms with Crippen LogP contribution in [0.3, 0.4) is 0 Å². The first-order valence-corrected chi connectivity index (χ1v) is 9.07. The van der Waals surface area contributed by atoms with Gasteiger partial charge in [-0.1, -0.05) is 83.9 Å². The third-order valence-corrected chi connectivity index (χ3v) is 4.52. The molecule has 3 aromatic rings. The summed E-state index contributed by atoms with van der Waals surface area (Å²) >= 11 is 0. The van der Waals surface area contributed by atoms with E-state index >= 15 is 0 Å². The van der Waals surface area contributed by atoms with E-state index in [0.717, 1.165) is 22.3 Å². The minimum Gasteiger partial charge on any atom is -0.192 e. The number of nitrogens with zero attached hydrogens (tertiary/aromatic N) is 2. The van der Waals surface area contributed by atoms with Gasteiger partial charge in [0, 0.05) is 0 Å². The van der Waals surface area contributed by atoms with Gasteiger partial charge in [0.05, 0.1) is 23.3 Å². The summed E-state index contributed by atoms with van der Waals surface area (Å²) in [6, 6.07) is 28.2. The quantitative estimate of drug-likeness (QED) is 0.397. The van der Waals surface area contributed by atoms with Gasteiger partial charge < -0.3 is 0 Å². The summed E-state index contributed by atoms with van der Waals surface area (Å²) in [7, 11) is 0. The maximum absolute atomic E-state index is 9.50. The molecule has 0 aliphatic carbocycles. The van der Waals surface area contributed by atoms with Gasteiger partial charge in [-0.25, -0.2) is 0 Å². The second-order valence-electron chi connectivity index (χ2n) is 6.74. The second-order valence-corrected chi connectivity index (χ2v) is 6.74. The smallest absolute Gasteiger partial charge is 0.0998 e. The molecule has 0 atom stereocenters. The SMILES string of the molecule is Cc1ccc(C(C#N)=Cc2ccc(C=C(C#N)c3ccc(C)cc3)cc2)cc1. The molecule has 0 radical (unpaired) electrons. The highest BCUT2D eigenvalue weighted by Crippen LogP contribution is 2.21. The van der Waals surface area contributed by atoms with E-state index in [0.29, 0.717) is 11.1 Å². The number of hydrogen-bond acceptors (Lipinski definition) is 2. The molecule has 0 aliphatic heterocycles. The lowest BCUT2D eigenvalue weighted by Gasteiger charge is -2.03. The van der Waals surface area contributed by atoms with Crippen LogP contribution in [0.2, 0.25) is 0 Å². The first-order chi connectivity index (χ1) is 13.6. The molecule has 0 aromatic heterocycles. The van der Waals surface area contributed by atoms with Crippen molar-refractivity contribution in [3.63, 3.8) is 0 Å². The predicted molar refractivity (Wildman–Crippen MR) is 116 cm³/mol. The van der Waals surface area contributed by atoms with Crippen molar-refractivity contribution < 1.29 is 0 Å². The fourth-order valence-electron chi connectivity index (χ4n) is 2.85. The number of hydrogen-bond donors (Lipinski definition) is 0. The molecule has 0 fully saturated rings. The molecule has 0 heterocycles. The van der Waals surface area contributed by atoms with Crippen LogP contribution in [0.4, 0.5) is 0 Å². The van der Waals surface area contributed by atoms with E-state index in [-0.39, 0.29) is 0 Å². The second kappa shape index (κ2) is 8.67. The monoisotopic (exact) mass is 360 g/mol. The molecule has 0 bridgehead atoms. The molecule has 0 saturated heterocycles. The van der Waals surface area contributed by atoms with Gasteiger partial charge in [0.25, 0.3) is 0 Å². The molecule has 0 N–H and O–H groups in total. The van der Waals surface area contributed by atoms with Gasteiger partial charge in [-0.15, -0.1) is 0 Å². The normalized spacial score (nSPS) is 11.6. The zero-order chi connectivity index (χ0) is 19.9. The third-order valence-electron chi connectivity index (χ3n) is 4.52. The molecule has 134 valence electrons. The van der Waals surface area contributed by atoms with Gasteiger partial charge >= 0.3 is 0 Å². The third kappa shape index (κ3) is 4.64. The Kier molecular flexibility index (Phi) is 5.85. The van der Waals surface area contributed by atoms with Gasteiger partial charge in [0.1, 0.15) is 0 Å². The van der Waals surface area contributed by atoms with Crippen LogP contribution in [0.1, 0.15) is 33.4 Å². The standard InChI is InChI=1S/C26H20N2/c1-19-3-11-23(12-4-19)25(17-27)15-21-7-9-22(10-8-21)16-26(18-28)24-13-5-20(2)6-14-24/h3-16H,1-2H3. The highest BCUT2D eigenvalue weighted by atomic mass is 14.3. The average molecular weight is 360 g/mol. The maximum atomic E-state index is 9.50. The van der Waals surface area contributed by atoms with Crippen molar-refractivity contribution in [3.05, 3.63) is 106 Å². The maximum Gasteiger partial charge on any atom is 0.0998 e. The molecule has 3 rings (SSSR count). The molecule has 2 nitrogen and oxygen atoms in total. The summed E-state index contributed by atoms with van der Waals surface area (Å²) in [6.07, 6.45) is 3.76. The van der Waals surface area contributed by atoms with E-state index in [1.54, 1.807) is 0 Å². The lowest BCUT2D eigenvalue weighted by Crippen LogP contribution is -1.84. The van der Waals surface area contributed by atoms with Crippen LogP contribution < -0.4 is 0 Å². The van der Waals surface area contributed by atoms with Crippen molar-refractivity contribution in [1.82, 2.24) is 0 Å². The van der Waals surface area contributed by atoms with Crippen LogP contribution in [0.25, 0.3) is 23.3 Å². The summed E-state index contributed by atoms with van der Waals surface area (Å²) in [5, 5.41) is 19.0. The van der Waals surface area contributed by atoms with E-state index in [9.17, 15) is 10.5 Å². The van der Waals surface area contributed by atoms with Crippen LogP contribution in [-0.2, 0) is 0 Å². The number of nitriles is 2. The highest BCUT2D eigenvalue weighted by molar-refractivity contribution is 5.91. The van der Waals surface area contributed by atoms with E-state index in [1.807, 2.05) is 98.8 Å². The minimum atomic E-state index is 0.626. The zero-order valence-corrected chi connectivity index (χ0v) is 16.0. The Morgan fingerprint density at radius 3 is 1.18 bits per heavy atom. The summed E-state index contributed by atoms with van der Waals surface area (Å²) < 4.78 is 0. The number of aryl methyl sites for hydroxylation is 2. The van der Waals surface area contributed by atoms with Gasteiger partial charge in [-0.05, 0) is 48.3 Å². The van der Waals surface area contributed by atoms with Crippen molar-refractivity contribution in [3.8, 4) is 12.1 Å². The fraction of sp³-hybridized carbons (Fsp3) is 0.0769. The molecule has 0 spiro atoms. The Morgan fingerprint density at radius 2 is 0.893 bits per heavy atom. The summed E-state index contributed by atoms with van der Waals surface area (Å²) in [4.78, 5) is 0. The molecule has 0 unspecified atom stereocenters. The van der Waals surface area contributed by atoms with Gasteiger partial charge in [-0.3, -0.25) is 0 Å². The minimum absolute atomic E-state index is 0.626. The van der Waals surface area contributed by atoms with E-state index in [4.69, 9.17) is 0 Å². The van der Waals surface area contributed by atoms with Crippen molar-refractivity contribution in [2.24, 2.45) is 0 Å². The first-order valence-electron chi connectivity index (χ1n) is 9.07. The Hall–Kier alpha value is -3.88. The molecule has 0 saturated carbocycles. The van der Waals surface area contributed by atoms with Crippen molar-refractivity contribution in [1.29, 1.82) is 10.5 Å². The summed E-state index contributed by atoms with van der Waals surface area (Å²) in [5.74, 6) is 0. The molecule has 0 amide bonds. The molecule has 2 heteroatoms. The zero-order valence-electron chi connectivity index (χ0n) is 16.0. The van der Waals surface area contributed by atoms with Crippen LogP contribution in [-0.4, -0.2) is 0 Å². The highest BCUT2D eigenvalue weighted by Gasteiger charge is 2.03. The Bertz CT molecular complexity index is 1010. The average Bonchev–Trinajstić information content (AvgIpc) is 2.73. The van der Waals surface area contributed by atoms with E-state index in [2.05, 4.69) is 12.1 Å². The van der Waals surface area contributed by atoms with Gasteiger partial charge in [-0.2, -0.15) is 10.5 Å². The predicted octanol–water partition coefficient (Wildman–Crippen LogP) is 6.43. The van der Waals surface area contributed by atoms with Crippen molar-refractivity contribution in [2.75, 3.05) is 0 Å². The van der Waals surface area contributed by atoms with Crippen molar-refractivity contribution >= 4 is 23.3 Å². The van der Waals surface area contributed by atoms with E-state index < -0.39 is 0 Å². The van der Waals surface area contributed by atoms with Gasteiger partial charge in [0.2, 0.25) is 0 Å². The lowest BCUT2D eigenvalue weighted by molar-refractivity contribution is 1.45.